The third kappa shape index (κ3) is 6.43. The van der Waals surface area contributed by atoms with Crippen LogP contribution in [0.15, 0.2) is 42.5 Å². The third-order valence-electron chi connectivity index (χ3n) is 4.35. The molecule has 2 aromatic carbocycles. The molecule has 0 heterocycles. The number of halogens is 3. The fourth-order valence-electron chi connectivity index (χ4n) is 2.88. The molecule has 0 aliphatic heterocycles. The van der Waals surface area contributed by atoms with Crippen LogP contribution in [-0.4, -0.2) is 37.0 Å². The monoisotopic (exact) mass is 454 g/mol. The fourth-order valence-corrected chi connectivity index (χ4v) is 3.43. The largest absolute Gasteiger partial charge is 0.467 e. The zero-order valence-electron chi connectivity index (χ0n) is 16.4. The van der Waals surface area contributed by atoms with Gasteiger partial charge in [0.1, 0.15) is 17.9 Å². The Hall–Kier alpha value is -2.64. The lowest BCUT2D eigenvalue weighted by Gasteiger charge is -2.23. The molecule has 0 bridgehead atoms. The van der Waals surface area contributed by atoms with E-state index in [0.717, 1.165) is 0 Å². The van der Waals surface area contributed by atoms with Crippen LogP contribution in [0, 0.1) is 5.82 Å². The van der Waals surface area contributed by atoms with Gasteiger partial charge in [-0.3, -0.25) is 9.59 Å². The van der Waals surface area contributed by atoms with Crippen LogP contribution >= 0.6 is 23.2 Å². The molecule has 9 heteroatoms. The maximum atomic E-state index is 14.0. The van der Waals surface area contributed by atoms with E-state index in [9.17, 15) is 18.8 Å². The molecule has 0 fully saturated rings. The van der Waals surface area contributed by atoms with Gasteiger partial charge < -0.3 is 15.4 Å². The van der Waals surface area contributed by atoms with Crippen LogP contribution in [0.2, 0.25) is 10.0 Å². The van der Waals surface area contributed by atoms with Gasteiger partial charge in [0.2, 0.25) is 11.8 Å². The second kappa shape index (κ2) is 10.9. The Kier molecular flexibility index (Phi) is 8.62. The first-order chi connectivity index (χ1) is 14.2. The van der Waals surface area contributed by atoms with Crippen molar-refractivity contribution in [2.75, 3.05) is 7.11 Å². The summed E-state index contributed by atoms with van der Waals surface area (Å²) in [7, 11) is 1.18. The molecule has 2 N–H and O–H groups in total. The smallest absolute Gasteiger partial charge is 0.328 e. The van der Waals surface area contributed by atoms with Gasteiger partial charge in [0.25, 0.3) is 0 Å². The van der Waals surface area contributed by atoms with Crippen molar-refractivity contribution in [3.05, 3.63) is 69.5 Å². The van der Waals surface area contributed by atoms with E-state index >= 15 is 0 Å². The third-order valence-corrected chi connectivity index (χ3v) is 5.06. The summed E-state index contributed by atoms with van der Waals surface area (Å²) in [5, 5.41) is 5.69. The van der Waals surface area contributed by atoms with Gasteiger partial charge in [-0.15, -0.1) is 0 Å². The van der Waals surface area contributed by atoms with Crippen LogP contribution in [-0.2, 0) is 32.0 Å². The first kappa shape index (κ1) is 23.6. The molecule has 0 saturated heterocycles. The standard InChI is InChI=1S/C21H21Cl2FN2O4/c1-12(27)25-18(10-13-6-3-4-9-17(13)24)20(28)26-19(21(29)30-2)11-14-15(22)7-5-8-16(14)23/h3-9,18-19H,10-11H2,1-2H3,(H,25,27)(H,26,28)/t18-,19-/m0/s1. The topological polar surface area (TPSA) is 84.5 Å². The van der Waals surface area contributed by atoms with Crippen LogP contribution < -0.4 is 10.6 Å². The number of methoxy groups -OCH3 is 1. The molecule has 0 unspecified atom stereocenters. The predicted octanol–water partition coefficient (Wildman–Crippen LogP) is 3.08. The van der Waals surface area contributed by atoms with Crippen molar-refractivity contribution in [2.24, 2.45) is 0 Å². The minimum absolute atomic E-state index is 0.0244. The van der Waals surface area contributed by atoms with E-state index in [1.54, 1.807) is 24.3 Å². The molecule has 0 radical (unpaired) electrons. The lowest BCUT2D eigenvalue weighted by molar-refractivity contribution is -0.145. The van der Waals surface area contributed by atoms with Gasteiger partial charge >= 0.3 is 5.97 Å². The number of carbonyl (C=O) groups excluding carboxylic acids is 3. The number of esters is 1. The minimum Gasteiger partial charge on any atom is -0.467 e. The Balaban J connectivity index is 2.24. The fraction of sp³-hybridized carbons (Fsp3) is 0.286. The summed E-state index contributed by atoms with van der Waals surface area (Å²) in [6.45, 7) is 1.24. The summed E-state index contributed by atoms with van der Waals surface area (Å²) in [4.78, 5) is 36.7. The molecule has 2 atom stereocenters. The Morgan fingerprint density at radius 1 is 0.967 bits per heavy atom. The summed E-state index contributed by atoms with van der Waals surface area (Å²) in [5.41, 5.74) is 0.705. The molecule has 0 saturated carbocycles. The number of carbonyl (C=O) groups is 3. The Morgan fingerprint density at radius 2 is 1.60 bits per heavy atom. The van der Waals surface area contributed by atoms with Crippen molar-refractivity contribution in [1.82, 2.24) is 10.6 Å². The van der Waals surface area contributed by atoms with E-state index in [4.69, 9.17) is 27.9 Å². The van der Waals surface area contributed by atoms with Crippen LogP contribution in [0.1, 0.15) is 18.1 Å². The van der Waals surface area contributed by atoms with Gasteiger partial charge in [0.05, 0.1) is 7.11 Å². The highest BCUT2D eigenvalue weighted by molar-refractivity contribution is 6.36. The van der Waals surface area contributed by atoms with Crippen LogP contribution in [0.25, 0.3) is 0 Å². The van der Waals surface area contributed by atoms with E-state index in [2.05, 4.69) is 10.6 Å². The first-order valence-corrected chi connectivity index (χ1v) is 9.80. The SMILES string of the molecule is COC(=O)[C@H](Cc1c(Cl)cccc1Cl)NC(=O)[C@H](Cc1ccccc1F)NC(C)=O. The average Bonchev–Trinajstić information content (AvgIpc) is 2.70. The Labute approximate surface area is 183 Å². The van der Waals surface area contributed by atoms with Crippen molar-refractivity contribution >= 4 is 41.0 Å². The quantitative estimate of drug-likeness (QED) is 0.600. The van der Waals surface area contributed by atoms with E-state index in [1.165, 1.54) is 32.2 Å². The average molecular weight is 455 g/mol. The van der Waals surface area contributed by atoms with Crippen molar-refractivity contribution in [3.8, 4) is 0 Å². The normalized spacial score (nSPS) is 12.6. The highest BCUT2D eigenvalue weighted by Crippen LogP contribution is 2.25. The number of benzene rings is 2. The van der Waals surface area contributed by atoms with Crippen molar-refractivity contribution in [2.45, 2.75) is 31.8 Å². The van der Waals surface area contributed by atoms with Gasteiger partial charge in [-0.05, 0) is 29.3 Å². The highest BCUT2D eigenvalue weighted by atomic mass is 35.5. The zero-order valence-corrected chi connectivity index (χ0v) is 17.9. The number of rotatable bonds is 8. The van der Waals surface area contributed by atoms with Gasteiger partial charge in [-0.2, -0.15) is 0 Å². The first-order valence-electron chi connectivity index (χ1n) is 9.04. The predicted molar refractivity (Wildman–Crippen MR) is 112 cm³/mol. The molecule has 6 nitrogen and oxygen atoms in total. The molecular weight excluding hydrogens is 434 g/mol. The Morgan fingerprint density at radius 3 is 2.17 bits per heavy atom. The minimum atomic E-state index is -1.11. The number of amides is 2. The summed E-state index contributed by atoms with van der Waals surface area (Å²) >= 11 is 12.3. The van der Waals surface area contributed by atoms with Gasteiger partial charge in [0, 0.05) is 29.8 Å². The van der Waals surface area contributed by atoms with Gasteiger partial charge in [0.15, 0.2) is 0 Å². The van der Waals surface area contributed by atoms with Gasteiger partial charge in [-0.1, -0.05) is 47.5 Å². The second-order valence-corrected chi connectivity index (χ2v) is 7.35. The van der Waals surface area contributed by atoms with Crippen LogP contribution in [0.5, 0.6) is 0 Å². The second-order valence-electron chi connectivity index (χ2n) is 6.54. The molecule has 0 aromatic heterocycles. The zero-order chi connectivity index (χ0) is 22.3. The van der Waals surface area contributed by atoms with Crippen LogP contribution in [0.4, 0.5) is 4.39 Å². The summed E-state index contributed by atoms with van der Waals surface area (Å²) in [5.74, 6) is -2.37. The molecule has 2 rings (SSSR count). The molecule has 160 valence electrons. The summed E-state index contributed by atoms with van der Waals surface area (Å²) in [6, 6.07) is 8.57. The molecule has 0 aliphatic rings. The number of hydrogen-bond acceptors (Lipinski definition) is 4. The maximum absolute atomic E-state index is 14.0. The molecule has 2 aromatic rings. The van der Waals surface area contributed by atoms with Gasteiger partial charge in [-0.25, -0.2) is 9.18 Å². The maximum Gasteiger partial charge on any atom is 0.328 e. The molecular formula is C21H21Cl2FN2O4. The van der Waals surface area contributed by atoms with Crippen molar-refractivity contribution in [3.63, 3.8) is 0 Å². The number of ether oxygens (including phenoxy) is 1. The number of hydrogen-bond donors (Lipinski definition) is 2. The van der Waals surface area contributed by atoms with E-state index in [1.807, 2.05) is 0 Å². The van der Waals surface area contributed by atoms with E-state index in [0.29, 0.717) is 15.6 Å². The lowest BCUT2D eigenvalue weighted by Crippen LogP contribution is -2.53. The molecule has 30 heavy (non-hydrogen) atoms. The lowest BCUT2D eigenvalue weighted by atomic mass is 10.0. The van der Waals surface area contributed by atoms with Crippen molar-refractivity contribution < 1.29 is 23.5 Å². The van der Waals surface area contributed by atoms with Crippen molar-refractivity contribution in [1.29, 1.82) is 0 Å². The van der Waals surface area contributed by atoms with E-state index < -0.39 is 35.7 Å². The number of nitrogens with one attached hydrogen (secondary N) is 2. The Bertz CT molecular complexity index is 919. The molecule has 0 spiro atoms. The highest BCUT2D eigenvalue weighted by Gasteiger charge is 2.29. The van der Waals surface area contributed by atoms with Crippen LogP contribution in [0.3, 0.4) is 0 Å². The summed E-state index contributed by atoms with van der Waals surface area (Å²) in [6.07, 6.45) is -0.123. The molecule has 0 aliphatic carbocycles. The molecule has 2 amide bonds. The summed E-state index contributed by atoms with van der Waals surface area (Å²) < 4.78 is 18.8. The van der Waals surface area contributed by atoms with E-state index in [-0.39, 0.29) is 18.4 Å².